The van der Waals surface area contributed by atoms with Crippen LogP contribution in [0.25, 0.3) is 0 Å². The van der Waals surface area contributed by atoms with E-state index in [2.05, 4.69) is 16.0 Å². The van der Waals surface area contributed by atoms with E-state index in [4.69, 9.17) is 9.47 Å². The van der Waals surface area contributed by atoms with Crippen LogP contribution in [0.3, 0.4) is 0 Å². The predicted molar refractivity (Wildman–Crippen MR) is 129 cm³/mol. The maximum Gasteiger partial charge on any atom is 0.320 e. The van der Waals surface area contributed by atoms with Gasteiger partial charge in [0.25, 0.3) is 0 Å². The summed E-state index contributed by atoms with van der Waals surface area (Å²) in [6, 6.07) is -1.55. The van der Waals surface area contributed by atoms with Gasteiger partial charge in [-0.15, -0.1) is 0 Å². The van der Waals surface area contributed by atoms with Crippen LogP contribution in [-0.2, 0) is 28.7 Å². The average molecular weight is 495 g/mol. The summed E-state index contributed by atoms with van der Waals surface area (Å²) in [6.07, 6.45) is 5.68. The molecule has 2 saturated heterocycles. The minimum absolute atomic E-state index is 0.0447. The third-order valence-electron chi connectivity index (χ3n) is 7.30. The van der Waals surface area contributed by atoms with Crippen LogP contribution in [0.5, 0.6) is 0 Å². The molecule has 0 aromatic rings. The fourth-order valence-corrected chi connectivity index (χ4v) is 5.58. The molecule has 0 aromatic heterocycles. The lowest BCUT2D eigenvalue weighted by Crippen LogP contribution is -2.58. The van der Waals surface area contributed by atoms with Gasteiger partial charge in [-0.05, 0) is 52.9 Å². The summed E-state index contributed by atoms with van der Waals surface area (Å²) in [5, 5.41) is 9.25. The zero-order valence-corrected chi connectivity index (χ0v) is 21.7. The Morgan fingerprint density at radius 1 is 1.09 bits per heavy atom. The molecule has 198 valence electrons. The number of ether oxygens (including phenoxy) is 2. The normalized spacial score (nSPS) is 26.5. The van der Waals surface area contributed by atoms with Crippen LogP contribution in [0.4, 0.5) is 0 Å². The first-order chi connectivity index (χ1) is 16.5. The van der Waals surface area contributed by atoms with E-state index in [1.54, 1.807) is 32.6 Å². The van der Waals surface area contributed by atoms with E-state index in [0.29, 0.717) is 13.1 Å². The van der Waals surface area contributed by atoms with Crippen molar-refractivity contribution in [2.24, 2.45) is 11.8 Å². The van der Waals surface area contributed by atoms with Gasteiger partial charge < -0.3 is 25.0 Å². The van der Waals surface area contributed by atoms with Crippen molar-refractivity contribution in [2.75, 3.05) is 26.7 Å². The van der Waals surface area contributed by atoms with Gasteiger partial charge in [0.05, 0.1) is 31.7 Å². The number of hydrogen-bond donors (Lipinski definition) is 3. The highest BCUT2D eigenvalue weighted by molar-refractivity contribution is 5.91. The van der Waals surface area contributed by atoms with Gasteiger partial charge in [-0.25, -0.2) is 0 Å². The second kappa shape index (κ2) is 11.7. The van der Waals surface area contributed by atoms with Crippen LogP contribution in [0.15, 0.2) is 0 Å². The molecule has 0 spiro atoms. The molecular formula is C25H42N4O6. The van der Waals surface area contributed by atoms with Gasteiger partial charge in [0.1, 0.15) is 11.6 Å². The number of nitrogens with zero attached hydrogens (tertiary/aromatic N) is 1. The summed E-state index contributed by atoms with van der Waals surface area (Å²) < 4.78 is 10.3. The summed E-state index contributed by atoms with van der Waals surface area (Å²) in [4.78, 5) is 53.1. The molecular weight excluding hydrogens is 452 g/mol. The molecule has 35 heavy (non-hydrogen) atoms. The highest BCUT2D eigenvalue weighted by atomic mass is 16.6. The second-order valence-electron chi connectivity index (χ2n) is 11.0. The van der Waals surface area contributed by atoms with Crippen molar-refractivity contribution in [3.63, 3.8) is 0 Å². The zero-order valence-electron chi connectivity index (χ0n) is 21.7. The third-order valence-corrected chi connectivity index (χ3v) is 7.30. The Labute approximate surface area is 208 Å². The molecule has 0 bridgehead atoms. The van der Waals surface area contributed by atoms with Crippen molar-refractivity contribution in [1.82, 2.24) is 20.9 Å². The summed E-state index contributed by atoms with van der Waals surface area (Å²) in [6.45, 7) is 7.95. The monoisotopic (exact) mass is 494 g/mol. The maximum absolute atomic E-state index is 13.9. The average Bonchev–Trinajstić information content (AvgIpc) is 3.41. The van der Waals surface area contributed by atoms with Gasteiger partial charge in [0.2, 0.25) is 11.8 Å². The fourth-order valence-electron chi connectivity index (χ4n) is 5.58. The molecule has 5 atom stereocenters. The molecule has 2 aliphatic heterocycles. The molecule has 0 aromatic carbocycles. The summed E-state index contributed by atoms with van der Waals surface area (Å²) in [5.74, 6) is -1.58. The highest BCUT2D eigenvalue weighted by Gasteiger charge is 2.51. The quantitative estimate of drug-likeness (QED) is 0.422. The van der Waals surface area contributed by atoms with Crippen molar-refractivity contribution >= 4 is 23.8 Å². The zero-order chi connectivity index (χ0) is 25.8. The molecule has 1 aliphatic carbocycles. The second-order valence-corrected chi connectivity index (χ2v) is 11.0. The summed E-state index contributed by atoms with van der Waals surface area (Å²) in [7, 11) is 1.37. The molecule has 2 heterocycles. The Morgan fingerprint density at radius 3 is 2.40 bits per heavy atom. The Hall–Kier alpha value is -2.20. The standard InChI is InChI=1S/C25H42N4O6/c1-15(26-14-19(30)35-25(2,3)4)22(31)28-20(16-9-7-6-8-10-16)23(32)29-12-11-18-21(29)17(13-27-18)24(33)34-5/h15-18,20-21,26-27H,6-14H2,1-5H3,(H,28,31). The SMILES string of the molecule is COC(=O)C1CNC2CCN(C(=O)C(NC(=O)C(C)NCC(=O)OC(C)(C)C)C3CCCCC3)C21. The maximum atomic E-state index is 13.9. The number of carbonyl (C=O) groups is 4. The van der Waals surface area contributed by atoms with Crippen LogP contribution >= 0.6 is 0 Å². The number of likely N-dealkylation sites (tertiary alicyclic amines) is 1. The Kier molecular flexibility index (Phi) is 9.15. The van der Waals surface area contributed by atoms with E-state index in [0.717, 1.165) is 38.5 Å². The Morgan fingerprint density at radius 2 is 1.77 bits per heavy atom. The van der Waals surface area contributed by atoms with Crippen molar-refractivity contribution in [2.45, 2.75) is 96.0 Å². The van der Waals surface area contributed by atoms with E-state index in [9.17, 15) is 19.2 Å². The fraction of sp³-hybridized carbons (Fsp3) is 0.840. The first-order valence-corrected chi connectivity index (χ1v) is 12.9. The van der Waals surface area contributed by atoms with E-state index < -0.39 is 29.6 Å². The minimum atomic E-state index is -0.677. The number of fused-ring (bicyclic) bond motifs is 1. The van der Waals surface area contributed by atoms with Crippen LogP contribution < -0.4 is 16.0 Å². The number of hydrogen-bond acceptors (Lipinski definition) is 8. The van der Waals surface area contributed by atoms with Gasteiger partial charge in [0.15, 0.2) is 0 Å². The lowest BCUT2D eigenvalue weighted by atomic mass is 9.83. The summed E-state index contributed by atoms with van der Waals surface area (Å²) >= 11 is 0. The van der Waals surface area contributed by atoms with Crippen molar-refractivity contribution < 1.29 is 28.7 Å². The Balaban J connectivity index is 1.68. The molecule has 3 rings (SSSR count). The molecule has 3 fully saturated rings. The van der Waals surface area contributed by atoms with Crippen molar-refractivity contribution in [3.8, 4) is 0 Å². The summed E-state index contributed by atoms with van der Waals surface area (Å²) in [5.41, 5.74) is -0.604. The number of carbonyl (C=O) groups excluding carboxylic acids is 4. The van der Waals surface area contributed by atoms with Crippen LogP contribution in [0.2, 0.25) is 0 Å². The first kappa shape index (κ1) is 27.4. The lowest BCUT2D eigenvalue weighted by Gasteiger charge is -2.36. The number of nitrogens with one attached hydrogen (secondary N) is 3. The van der Waals surface area contributed by atoms with Gasteiger partial charge in [0, 0.05) is 19.1 Å². The molecule has 5 unspecified atom stereocenters. The third kappa shape index (κ3) is 6.94. The van der Waals surface area contributed by atoms with Crippen molar-refractivity contribution in [1.29, 1.82) is 0 Å². The minimum Gasteiger partial charge on any atom is -0.469 e. The van der Waals surface area contributed by atoms with E-state index in [1.165, 1.54) is 7.11 Å². The van der Waals surface area contributed by atoms with Crippen LogP contribution in [0.1, 0.15) is 66.2 Å². The largest absolute Gasteiger partial charge is 0.469 e. The highest BCUT2D eigenvalue weighted by Crippen LogP contribution is 2.33. The predicted octanol–water partition coefficient (Wildman–Crippen LogP) is 0.733. The molecule has 2 amide bonds. The van der Waals surface area contributed by atoms with E-state index in [-0.39, 0.29) is 42.3 Å². The van der Waals surface area contributed by atoms with Crippen molar-refractivity contribution in [3.05, 3.63) is 0 Å². The van der Waals surface area contributed by atoms with Crippen LogP contribution in [-0.4, -0.2) is 85.2 Å². The first-order valence-electron chi connectivity index (χ1n) is 12.9. The smallest absolute Gasteiger partial charge is 0.320 e. The van der Waals surface area contributed by atoms with Gasteiger partial charge >= 0.3 is 11.9 Å². The van der Waals surface area contributed by atoms with E-state index in [1.807, 2.05) is 0 Å². The molecule has 0 radical (unpaired) electrons. The topological polar surface area (TPSA) is 126 Å². The number of amides is 2. The van der Waals surface area contributed by atoms with Gasteiger partial charge in [-0.2, -0.15) is 0 Å². The number of methoxy groups -OCH3 is 1. The lowest BCUT2D eigenvalue weighted by molar-refractivity contribution is -0.154. The van der Waals surface area contributed by atoms with Gasteiger partial charge in [-0.1, -0.05) is 19.3 Å². The van der Waals surface area contributed by atoms with E-state index >= 15 is 0 Å². The number of rotatable bonds is 8. The Bertz CT molecular complexity index is 791. The molecule has 3 aliphatic rings. The molecule has 3 N–H and O–H groups in total. The van der Waals surface area contributed by atoms with Crippen LogP contribution in [0, 0.1) is 11.8 Å². The molecule has 10 heteroatoms. The molecule has 1 saturated carbocycles. The molecule has 10 nitrogen and oxygen atoms in total. The number of esters is 2. The van der Waals surface area contributed by atoms with Gasteiger partial charge in [-0.3, -0.25) is 24.5 Å².